The van der Waals surface area contributed by atoms with Crippen molar-refractivity contribution >= 4 is 11.3 Å². The Morgan fingerprint density at radius 3 is 2.60 bits per heavy atom. The molecule has 0 radical (unpaired) electrons. The summed E-state index contributed by atoms with van der Waals surface area (Å²) in [5.74, 6) is -1.79. The predicted octanol–water partition coefficient (Wildman–Crippen LogP) is 3.28. The highest BCUT2D eigenvalue weighted by Crippen LogP contribution is 2.25. The van der Waals surface area contributed by atoms with E-state index in [1.165, 1.54) is 23.5 Å². The summed E-state index contributed by atoms with van der Waals surface area (Å²) in [5, 5.41) is 1.77. The van der Waals surface area contributed by atoms with Crippen molar-refractivity contribution in [3.63, 3.8) is 0 Å². The Bertz CT molecular complexity index is 537. The molecule has 0 saturated carbocycles. The molecule has 1 aromatic carbocycles. The Balaban J connectivity index is 2.10. The zero-order chi connectivity index (χ0) is 14.5. The Kier molecular flexibility index (Phi) is 5.03. The first-order chi connectivity index (χ1) is 9.60. The monoisotopic (exact) mass is 298 g/mol. The number of rotatable bonds is 6. The van der Waals surface area contributed by atoms with Gasteiger partial charge in [-0.1, -0.05) is 6.92 Å². The molecule has 0 aliphatic heterocycles. The van der Waals surface area contributed by atoms with Crippen LogP contribution < -0.4 is 10.5 Å². The van der Waals surface area contributed by atoms with Crippen molar-refractivity contribution in [1.29, 1.82) is 0 Å². The highest BCUT2D eigenvalue weighted by molar-refractivity contribution is 7.07. The third kappa shape index (κ3) is 3.74. The van der Waals surface area contributed by atoms with Crippen LogP contribution in [-0.2, 0) is 13.0 Å². The van der Waals surface area contributed by atoms with E-state index < -0.39 is 11.6 Å². The van der Waals surface area contributed by atoms with Crippen LogP contribution in [0.3, 0.4) is 0 Å². The number of hydrogen-bond donors (Lipinski definition) is 1. The molecule has 0 spiro atoms. The summed E-state index contributed by atoms with van der Waals surface area (Å²) in [6.07, 6.45) is 1.20. The second-order valence-corrected chi connectivity index (χ2v) is 5.25. The van der Waals surface area contributed by atoms with Crippen molar-refractivity contribution in [2.24, 2.45) is 5.73 Å². The molecule has 1 aromatic heterocycles. The number of nitrogens with zero attached hydrogens (tertiary/aromatic N) is 1. The van der Waals surface area contributed by atoms with E-state index in [9.17, 15) is 8.78 Å². The van der Waals surface area contributed by atoms with Crippen LogP contribution in [0.4, 0.5) is 8.78 Å². The van der Waals surface area contributed by atoms with Gasteiger partial charge in [-0.05, 0) is 30.5 Å². The zero-order valence-electron chi connectivity index (χ0n) is 11.1. The van der Waals surface area contributed by atoms with Crippen molar-refractivity contribution in [1.82, 2.24) is 4.98 Å². The first kappa shape index (κ1) is 14.9. The van der Waals surface area contributed by atoms with Crippen LogP contribution in [0.5, 0.6) is 5.75 Å². The van der Waals surface area contributed by atoms with Gasteiger partial charge in [0.15, 0.2) is 17.4 Å². The summed E-state index contributed by atoms with van der Waals surface area (Å²) in [4.78, 5) is 3.99. The van der Waals surface area contributed by atoms with Gasteiger partial charge >= 0.3 is 0 Å². The Hall–Kier alpha value is -1.53. The standard InChI is InChI=1S/C14H16F2N2OS/c1-2-10(17)3-9-4-12(15)14(13(16)5-9)19-6-11-7-20-8-18-11/h4-5,7-8,10H,2-3,6,17H2,1H3. The van der Waals surface area contributed by atoms with Gasteiger partial charge in [0.25, 0.3) is 0 Å². The van der Waals surface area contributed by atoms with Crippen molar-refractivity contribution in [2.75, 3.05) is 0 Å². The predicted molar refractivity (Wildman–Crippen MR) is 74.8 cm³/mol. The highest BCUT2D eigenvalue weighted by Gasteiger charge is 2.14. The fraction of sp³-hybridized carbons (Fsp3) is 0.357. The van der Waals surface area contributed by atoms with Gasteiger partial charge in [0, 0.05) is 11.4 Å². The van der Waals surface area contributed by atoms with Gasteiger partial charge in [0.2, 0.25) is 0 Å². The van der Waals surface area contributed by atoms with E-state index in [1.807, 2.05) is 6.92 Å². The second kappa shape index (κ2) is 6.76. The molecule has 1 heterocycles. The van der Waals surface area contributed by atoms with E-state index in [4.69, 9.17) is 10.5 Å². The van der Waals surface area contributed by atoms with Gasteiger partial charge in [-0.3, -0.25) is 0 Å². The van der Waals surface area contributed by atoms with E-state index in [-0.39, 0.29) is 18.4 Å². The van der Waals surface area contributed by atoms with Gasteiger partial charge in [-0.25, -0.2) is 13.8 Å². The normalized spacial score (nSPS) is 12.4. The largest absolute Gasteiger partial charge is 0.481 e. The minimum atomic E-state index is -0.710. The molecular formula is C14H16F2N2OS. The van der Waals surface area contributed by atoms with Crippen LogP contribution in [0.15, 0.2) is 23.0 Å². The average molecular weight is 298 g/mol. The van der Waals surface area contributed by atoms with E-state index in [0.717, 1.165) is 6.42 Å². The van der Waals surface area contributed by atoms with Crippen LogP contribution in [0.25, 0.3) is 0 Å². The molecule has 0 bridgehead atoms. The summed E-state index contributed by atoms with van der Waals surface area (Å²) < 4.78 is 32.9. The summed E-state index contributed by atoms with van der Waals surface area (Å²) >= 11 is 1.40. The van der Waals surface area contributed by atoms with Crippen LogP contribution in [0, 0.1) is 11.6 Å². The lowest BCUT2D eigenvalue weighted by Crippen LogP contribution is -2.21. The third-order valence-electron chi connectivity index (χ3n) is 2.93. The van der Waals surface area contributed by atoms with Gasteiger partial charge in [-0.15, -0.1) is 11.3 Å². The maximum Gasteiger partial charge on any atom is 0.191 e. The molecule has 0 saturated heterocycles. The molecule has 0 aliphatic carbocycles. The number of aromatic nitrogens is 1. The molecular weight excluding hydrogens is 282 g/mol. The van der Waals surface area contributed by atoms with E-state index in [2.05, 4.69) is 4.98 Å². The topological polar surface area (TPSA) is 48.1 Å². The highest BCUT2D eigenvalue weighted by atomic mass is 32.1. The molecule has 6 heteroatoms. The fourth-order valence-corrected chi connectivity index (χ4v) is 2.31. The molecule has 1 unspecified atom stereocenters. The molecule has 2 N–H and O–H groups in total. The molecule has 0 amide bonds. The fourth-order valence-electron chi connectivity index (χ4n) is 1.77. The third-order valence-corrected chi connectivity index (χ3v) is 3.56. The number of hydrogen-bond acceptors (Lipinski definition) is 4. The molecule has 20 heavy (non-hydrogen) atoms. The molecule has 0 fully saturated rings. The minimum Gasteiger partial charge on any atom is -0.481 e. The maximum absolute atomic E-state index is 13.9. The quantitative estimate of drug-likeness (QED) is 0.890. The molecule has 3 nitrogen and oxygen atoms in total. The van der Waals surface area contributed by atoms with E-state index >= 15 is 0 Å². The maximum atomic E-state index is 13.9. The van der Waals surface area contributed by atoms with Crippen molar-refractivity contribution in [3.05, 3.63) is 45.9 Å². The number of ether oxygens (including phenoxy) is 1. The molecule has 2 rings (SSSR count). The summed E-state index contributed by atoms with van der Waals surface area (Å²) in [5.41, 5.74) is 8.60. The smallest absolute Gasteiger partial charge is 0.191 e. The van der Waals surface area contributed by atoms with Gasteiger partial charge in [0.05, 0.1) is 11.2 Å². The number of nitrogens with two attached hydrogens (primary N) is 1. The first-order valence-corrected chi connectivity index (χ1v) is 7.27. The van der Waals surface area contributed by atoms with Crippen LogP contribution >= 0.6 is 11.3 Å². The van der Waals surface area contributed by atoms with E-state index in [1.54, 1.807) is 10.9 Å². The molecule has 0 aliphatic rings. The molecule has 108 valence electrons. The summed E-state index contributed by atoms with van der Waals surface area (Å²) in [7, 11) is 0. The lowest BCUT2D eigenvalue weighted by atomic mass is 10.0. The van der Waals surface area contributed by atoms with Crippen LogP contribution in [0.2, 0.25) is 0 Å². The SMILES string of the molecule is CCC(N)Cc1cc(F)c(OCc2cscn2)c(F)c1. The zero-order valence-corrected chi connectivity index (χ0v) is 11.9. The van der Waals surface area contributed by atoms with E-state index in [0.29, 0.717) is 17.7 Å². The molecule has 2 aromatic rings. The lowest BCUT2D eigenvalue weighted by Gasteiger charge is -2.12. The Labute approximate surface area is 120 Å². The van der Waals surface area contributed by atoms with Crippen LogP contribution in [0.1, 0.15) is 24.6 Å². The molecule has 1 atom stereocenters. The summed E-state index contributed by atoms with van der Waals surface area (Å²) in [6.45, 7) is 1.98. The number of thiazole rings is 1. The number of halogens is 2. The average Bonchev–Trinajstić information content (AvgIpc) is 2.90. The lowest BCUT2D eigenvalue weighted by molar-refractivity contribution is 0.270. The van der Waals surface area contributed by atoms with Gasteiger partial charge in [-0.2, -0.15) is 0 Å². The summed E-state index contributed by atoms with van der Waals surface area (Å²) in [6, 6.07) is 2.44. The second-order valence-electron chi connectivity index (χ2n) is 4.53. The van der Waals surface area contributed by atoms with Gasteiger partial charge in [0.1, 0.15) is 6.61 Å². The van der Waals surface area contributed by atoms with Gasteiger partial charge < -0.3 is 10.5 Å². The first-order valence-electron chi connectivity index (χ1n) is 6.33. The Morgan fingerprint density at radius 1 is 1.35 bits per heavy atom. The number of benzene rings is 1. The Morgan fingerprint density at radius 2 is 2.05 bits per heavy atom. The minimum absolute atomic E-state index is 0.0468. The van der Waals surface area contributed by atoms with Crippen molar-refractivity contribution in [2.45, 2.75) is 32.4 Å². The van der Waals surface area contributed by atoms with Crippen molar-refractivity contribution < 1.29 is 13.5 Å². The van der Waals surface area contributed by atoms with Crippen molar-refractivity contribution in [3.8, 4) is 5.75 Å². The van der Waals surface area contributed by atoms with Crippen LogP contribution in [-0.4, -0.2) is 11.0 Å².